The normalized spacial score (nSPS) is 10.8. The molecule has 3 aromatic carbocycles. The van der Waals surface area contributed by atoms with E-state index in [1.807, 2.05) is 22.9 Å². The molecule has 0 aliphatic carbocycles. The van der Waals surface area contributed by atoms with E-state index in [2.05, 4.69) is 53.5 Å². The zero-order chi connectivity index (χ0) is 17.8. The molecular formula is C22H20N2O2. The van der Waals surface area contributed by atoms with Gasteiger partial charge in [-0.3, -0.25) is 0 Å². The Kier molecular flexibility index (Phi) is 4.56. The lowest BCUT2D eigenvalue weighted by molar-refractivity contribution is 0.284. The molecule has 26 heavy (non-hydrogen) atoms. The number of rotatable bonds is 6. The van der Waals surface area contributed by atoms with Crippen LogP contribution in [0.3, 0.4) is 0 Å². The molecule has 0 fully saturated rings. The molecule has 0 atom stereocenters. The van der Waals surface area contributed by atoms with E-state index in [1.54, 1.807) is 19.6 Å². The average molecular weight is 344 g/mol. The summed E-state index contributed by atoms with van der Waals surface area (Å²) in [7, 11) is 1.67. The molecule has 4 aromatic rings. The number of aromatic nitrogens is 2. The summed E-state index contributed by atoms with van der Waals surface area (Å²) in [4.78, 5) is 4.07. The summed E-state index contributed by atoms with van der Waals surface area (Å²) in [6, 6.07) is 20.7. The van der Waals surface area contributed by atoms with Gasteiger partial charge >= 0.3 is 0 Å². The van der Waals surface area contributed by atoms with Crippen LogP contribution in [0, 0.1) is 0 Å². The maximum absolute atomic E-state index is 6.01. The lowest BCUT2D eigenvalue weighted by atomic mass is 10.1. The van der Waals surface area contributed by atoms with Crippen LogP contribution >= 0.6 is 0 Å². The predicted octanol–water partition coefficient (Wildman–Crippen LogP) is 4.67. The molecule has 0 aliphatic rings. The van der Waals surface area contributed by atoms with Gasteiger partial charge in [0.15, 0.2) is 11.5 Å². The van der Waals surface area contributed by atoms with E-state index in [0.29, 0.717) is 6.61 Å². The second-order valence-electron chi connectivity index (χ2n) is 6.19. The molecule has 0 saturated carbocycles. The molecule has 0 N–H and O–H groups in total. The van der Waals surface area contributed by atoms with Crippen LogP contribution in [0.1, 0.15) is 11.1 Å². The van der Waals surface area contributed by atoms with Crippen molar-refractivity contribution in [2.45, 2.75) is 13.2 Å². The first-order valence-corrected chi connectivity index (χ1v) is 8.55. The number of ether oxygens (including phenoxy) is 2. The third-order valence-electron chi connectivity index (χ3n) is 4.36. The Morgan fingerprint density at radius 1 is 0.885 bits per heavy atom. The molecule has 0 unspecified atom stereocenters. The number of methoxy groups -OCH3 is 1. The van der Waals surface area contributed by atoms with E-state index in [4.69, 9.17) is 9.47 Å². The largest absolute Gasteiger partial charge is 0.493 e. The minimum Gasteiger partial charge on any atom is -0.493 e. The summed E-state index contributed by atoms with van der Waals surface area (Å²) in [5, 5.41) is 2.45. The molecule has 0 bridgehead atoms. The monoisotopic (exact) mass is 344 g/mol. The van der Waals surface area contributed by atoms with Gasteiger partial charge in [0.1, 0.15) is 6.61 Å². The quantitative estimate of drug-likeness (QED) is 0.510. The molecule has 4 heteroatoms. The van der Waals surface area contributed by atoms with E-state index >= 15 is 0 Å². The highest BCUT2D eigenvalue weighted by molar-refractivity contribution is 5.82. The Balaban J connectivity index is 1.49. The van der Waals surface area contributed by atoms with Crippen LogP contribution in [0.25, 0.3) is 10.8 Å². The highest BCUT2D eigenvalue weighted by Gasteiger charge is 2.07. The smallest absolute Gasteiger partial charge is 0.161 e. The van der Waals surface area contributed by atoms with Crippen molar-refractivity contribution in [2.24, 2.45) is 0 Å². The first-order valence-electron chi connectivity index (χ1n) is 8.55. The van der Waals surface area contributed by atoms with Gasteiger partial charge in [0, 0.05) is 18.9 Å². The van der Waals surface area contributed by atoms with Gasteiger partial charge in [0.25, 0.3) is 0 Å². The number of nitrogens with zero attached hydrogens (tertiary/aromatic N) is 2. The zero-order valence-corrected chi connectivity index (χ0v) is 14.6. The van der Waals surface area contributed by atoms with Gasteiger partial charge in [-0.2, -0.15) is 0 Å². The Labute approximate surface area is 152 Å². The van der Waals surface area contributed by atoms with E-state index in [0.717, 1.165) is 29.2 Å². The highest BCUT2D eigenvalue weighted by Crippen LogP contribution is 2.29. The van der Waals surface area contributed by atoms with Crippen molar-refractivity contribution in [1.82, 2.24) is 9.55 Å². The fraction of sp³-hybridized carbons (Fsp3) is 0.136. The molecule has 0 aliphatic heterocycles. The summed E-state index contributed by atoms with van der Waals surface area (Å²) in [6.45, 7) is 1.25. The summed E-state index contributed by atoms with van der Waals surface area (Å²) in [6.07, 6.45) is 5.52. The fourth-order valence-electron chi connectivity index (χ4n) is 3.01. The van der Waals surface area contributed by atoms with Crippen LogP contribution in [0.5, 0.6) is 11.5 Å². The number of hydrogen-bond acceptors (Lipinski definition) is 3. The molecule has 4 nitrogen and oxygen atoms in total. The van der Waals surface area contributed by atoms with Gasteiger partial charge in [-0.1, -0.05) is 42.5 Å². The third kappa shape index (κ3) is 3.54. The predicted molar refractivity (Wildman–Crippen MR) is 103 cm³/mol. The van der Waals surface area contributed by atoms with Gasteiger partial charge in [0.05, 0.1) is 13.4 Å². The summed E-state index contributed by atoms with van der Waals surface area (Å²) < 4.78 is 13.5. The number of imidazole rings is 1. The van der Waals surface area contributed by atoms with Crippen LogP contribution in [-0.2, 0) is 13.2 Å². The Bertz CT molecular complexity index is 1010. The zero-order valence-electron chi connectivity index (χ0n) is 14.6. The maximum Gasteiger partial charge on any atom is 0.161 e. The molecule has 4 rings (SSSR count). The van der Waals surface area contributed by atoms with Crippen molar-refractivity contribution in [1.29, 1.82) is 0 Å². The van der Waals surface area contributed by atoms with Crippen molar-refractivity contribution in [3.05, 3.63) is 90.5 Å². The number of benzene rings is 3. The SMILES string of the molecule is COc1cc(Cn2ccnc2)ccc1OCc1ccc2ccccc2c1. The fourth-order valence-corrected chi connectivity index (χ4v) is 3.01. The lowest BCUT2D eigenvalue weighted by Gasteiger charge is -2.13. The van der Waals surface area contributed by atoms with Crippen LogP contribution in [0.4, 0.5) is 0 Å². The first kappa shape index (κ1) is 16.2. The second-order valence-corrected chi connectivity index (χ2v) is 6.19. The lowest BCUT2D eigenvalue weighted by Crippen LogP contribution is -2.00. The number of hydrogen-bond donors (Lipinski definition) is 0. The van der Waals surface area contributed by atoms with Crippen LogP contribution < -0.4 is 9.47 Å². The van der Waals surface area contributed by atoms with Crippen LogP contribution in [0.2, 0.25) is 0 Å². The van der Waals surface area contributed by atoms with Crippen molar-refractivity contribution >= 4 is 10.8 Å². The van der Waals surface area contributed by atoms with Crippen LogP contribution in [0.15, 0.2) is 79.4 Å². The molecular weight excluding hydrogens is 324 g/mol. The van der Waals surface area contributed by atoms with Crippen molar-refractivity contribution in [3.63, 3.8) is 0 Å². The van der Waals surface area contributed by atoms with E-state index in [1.165, 1.54) is 10.8 Å². The first-order chi connectivity index (χ1) is 12.8. The standard InChI is InChI=1S/C22H20N2O2/c1-25-22-13-17(14-24-11-10-23-16-24)7-9-21(22)26-15-18-6-8-19-4-2-3-5-20(19)12-18/h2-13,16H,14-15H2,1H3. The molecule has 0 amide bonds. The minimum atomic E-state index is 0.502. The summed E-state index contributed by atoms with van der Waals surface area (Å²) in [5.74, 6) is 1.48. The Hall–Kier alpha value is -3.27. The topological polar surface area (TPSA) is 36.3 Å². The van der Waals surface area contributed by atoms with E-state index < -0.39 is 0 Å². The van der Waals surface area contributed by atoms with E-state index in [-0.39, 0.29) is 0 Å². The average Bonchev–Trinajstić information content (AvgIpc) is 3.19. The van der Waals surface area contributed by atoms with Crippen molar-refractivity contribution in [3.8, 4) is 11.5 Å². The van der Waals surface area contributed by atoms with Crippen molar-refractivity contribution < 1.29 is 9.47 Å². The van der Waals surface area contributed by atoms with Crippen molar-refractivity contribution in [2.75, 3.05) is 7.11 Å². The highest BCUT2D eigenvalue weighted by atomic mass is 16.5. The Morgan fingerprint density at radius 2 is 1.73 bits per heavy atom. The van der Waals surface area contributed by atoms with Gasteiger partial charge in [0.2, 0.25) is 0 Å². The molecule has 130 valence electrons. The van der Waals surface area contributed by atoms with Gasteiger partial charge in [-0.15, -0.1) is 0 Å². The molecule has 1 aromatic heterocycles. The van der Waals surface area contributed by atoms with E-state index in [9.17, 15) is 0 Å². The maximum atomic E-state index is 6.01. The Morgan fingerprint density at radius 3 is 2.54 bits per heavy atom. The van der Waals surface area contributed by atoms with Gasteiger partial charge < -0.3 is 14.0 Å². The van der Waals surface area contributed by atoms with Gasteiger partial charge in [-0.05, 0) is 40.1 Å². The third-order valence-corrected chi connectivity index (χ3v) is 4.36. The molecule has 0 spiro atoms. The summed E-state index contributed by atoms with van der Waals surface area (Å²) in [5.41, 5.74) is 2.27. The molecule has 0 saturated heterocycles. The molecule has 1 heterocycles. The minimum absolute atomic E-state index is 0.502. The second kappa shape index (κ2) is 7.31. The number of fused-ring (bicyclic) bond motifs is 1. The van der Waals surface area contributed by atoms with Gasteiger partial charge in [-0.25, -0.2) is 4.98 Å². The summed E-state index contributed by atoms with van der Waals surface area (Å²) >= 11 is 0. The molecule has 0 radical (unpaired) electrons. The van der Waals surface area contributed by atoms with Crippen LogP contribution in [-0.4, -0.2) is 16.7 Å².